The highest BCUT2D eigenvalue weighted by Crippen LogP contribution is 2.37. The van der Waals surface area contributed by atoms with E-state index in [9.17, 15) is 5.11 Å². The molecule has 2 heterocycles. The SMILES string of the molecule is Cc1cc(Cl)c2[nH]c(CO)c(-c3csc(N)n3)c2c1. The molecule has 4 nitrogen and oxygen atoms in total. The highest BCUT2D eigenvalue weighted by molar-refractivity contribution is 7.13. The van der Waals surface area contributed by atoms with Gasteiger partial charge in [0.25, 0.3) is 0 Å². The molecule has 0 unspecified atom stereocenters. The summed E-state index contributed by atoms with van der Waals surface area (Å²) in [6, 6.07) is 3.92. The molecular formula is C13H12ClN3OS. The molecule has 0 aliphatic carbocycles. The number of aliphatic hydroxyl groups excluding tert-OH is 1. The molecule has 0 radical (unpaired) electrons. The number of aliphatic hydroxyl groups is 1. The predicted molar refractivity (Wildman–Crippen MR) is 79.5 cm³/mol. The van der Waals surface area contributed by atoms with Crippen LogP contribution >= 0.6 is 22.9 Å². The number of aromatic nitrogens is 2. The first-order valence-electron chi connectivity index (χ1n) is 5.73. The second-order valence-electron chi connectivity index (χ2n) is 4.38. The van der Waals surface area contributed by atoms with Crippen LogP contribution in [-0.2, 0) is 6.61 Å². The summed E-state index contributed by atoms with van der Waals surface area (Å²) in [7, 11) is 0. The number of hydrogen-bond acceptors (Lipinski definition) is 4. The third-order valence-electron chi connectivity index (χ3n) is 3.02. The fourth-order valence-corrected chi connectivity index (χ4v) is 3.13. The molecule has 0 bridgehead atoms. The van der Waals surface area contributed by atoms with Gasteiger partial charge in [0.1, 0.15) is 0 Å². The van der Waals surface area contributed by atoms with E-state index in [2.05, 4.69) is 9.97 Å². The van der Waals surface area contributed by atoms with Crippen molar-refractivity contribution in [2.24, 2.45) is 0 Å². The molecule has 0 saturated carbocycles. The van der Waals surface area contributed by atoms with Crippen molar-refractivity contribution in [2.75, 3.05) is 5.73 Å². The van der Waals surface area contributed by atoms with E-state index in [0.717, 1.165) is 27.7 Å². The lowest BCUT2D eigenvalue weighted by molar-refractivity contribution is 0.278. The minimum Gasteiger partial charge on any atom is -0.390 e. The molecule has 3 rings (SSSR count). The van der Waals surface area contributed by atoms with Crippen molar-refractivity contribution in [1.29, 1.82) is 0 Å². The number of hydrogen-bond donors (Lipinski definition) is 3. The van der Waals surface area contributed by atoms with E-state index in [-0.39, 0.29) is 6.61 Å². The van der Waals surface area contributed by atoms with Crippen LogP contribution in [0.5, 0.6) is 0 Å². The lowest BCUT2D eigenvalue weighted by atomic mass is 10.1. The first-order valence-corrected chi connectivity index (χ1v) is 6.99. The summed E-state index contributed by atoms with van der Waals surface area (Å²) in [5, 5.41) is 13.5. The number of H-pyrrole nitrogens is 1. The monoisotopic (exact) mass is 293 g/mol. The third-order valence-corrected chi connectivity index (χ3v) is 3.99. The topological polar surface area (TPSA) is 74.9 Å². The Morgan fingerprint density at radius 2 is 2.26 bits per heavy atom. The van der Waals surface area contributed by atoms with Crippen molar-refractivity contribution in [3.63, 3.8) is 0 Å². The van der Waals surface area contributed by atoms with Gasteiger partial charge in [0.15, 0.2) is 5.13 Å². The Morgan fingerprint density at radius 1 is 1.47 bits per heavy atom. The third kappa shape index (κ3) is 2.00. The van der Waals surface area contributed by atoms with Gasteiger partial charge in [0, 0.05) is 16.3 Å². The summed E-state index contributed by atoms with van der Waals surface area (Å²) >= 11 is 7.62. The Kier molecular flexibility index (Phi) is 2.97. The van der Waals surface area contributed by atoms with Gasteiger partial charge >= 0.3 is 0 Å². The fourth-order valence-electron chi connectivity index (χ4n) is 2.26. The molecule has 1 aromatic carbocycles. The van der Waals surface area contributed by atoms with E-state index >= 15 is 0 Å². The van der Waals surface area contributed by atoms with Crippen LogP contribution in [0.4, 0.5) is 5.13 Å². The lowest BCUT2D eigenvalue weighted by Crippen LogP contribution is -1.88. The van der Waals surface area contributed by atoms with Crippen LogP contribution in [0.15, 0.2) is 17.5 Å². The van der Waals surface area contributed by atoms with Crippen molar-refractivity contribution < 1.29 is 5.11 Å². The van der Waals surface area contributed by atoms with Crippen molar-refractivity contribution >= 4 is 39.0 Å². The minimum atomic E-state index is -0.100. The molecule has 19 heavy (non-hydrogen) atoms. The molecule has 3 aromatic rings. The summed E-state index contributed by atoms with van der Waals surface area (Å²) < 4.78 is 0. The number of aromatic amines is 1. The van der Waals surface area contributed by atoms with E-state index < -0.39 is 0 Å². The summed E-state index contributed by atoms with van der Waals surface area (Å²) in [6.45, 7) is 1.88. The minimum absolute atomic E-state index is 0.100. The van der Waals surface area contributed by atoms with Crippen molar-refractivity contribution in [3.05, 3.63) is 33.8 Å². The number of nitrogens with two attached hydrogens (primary N) is 1. The Morgan fingerprint density at radius 3 is 2.89 bits per heavy atom. The van der Waals surface area contributed by atoms with Crippen LogP contribution in [-0.4, -0.2) is 15.1 Å². The maximum absolute atomic E-state index is 9.52. The van der Waals surface area contributed by atoms with Gasteiger partial charge in [0.05, 0.1) is 28.5 Å². The van der Waals surface area contributed by atoms with Crippen molar-refractivity contribution in [1.82, 2.24) is 9.97 Å². The van der Waals surface area contributed by atoms with Gasteiger partial charge in [-0.25, -0.2) is 4.98 Å². The quantitative estimate of drug-likeness (QED) is 0.678. The zero-order chi connectivity index (χ0) is 13.6. The average Bonchev–Trinajstić information content (AvgIpc) is 2.92. The van der Waals surface area contributed by atoms with Crippen molar-refractivity contribution in [2.45, 2.75) is 13.5 Å². The lowest BCUT2D eigenvalue weighted by Gasteiger charge is -2.00. The van der Waals surface area contributed by atoms with Crippen LogP contribution < -0.4 is 5.73 Å². The van der Waals surface area contributed by atoms with E-state index in [1.165, 1.54) is 11.3 Å². The highest BCUT2D eigenvalue weighted by atomic mass is 35.5. The Hall–Kier alpha value is -1.56. The number of thiazole rings is 1. The standard InChI is InChI=1S/C13H12ClN3OS/c1-6-2-7-11(10-5-19-13(15)17-10)9(4-18)16-12(7)8(14)3-6/h2-3,5,16,18H,4H2,1H3,(H2,15,17). The molecule has 4 N–H and O–H groups in total. The molecule has 0 atom stereocenters. The zero-order valence-electron chi connectivity index (χ0n) is 10.2. The largest absolute Gasteiger partial charge is 0.390 e. The Labute approximate surface area is 118 Å². The Balaban J connectivity index is 2.38. The molecule has 98 valence electrons. The number of nitrogen functional groups attached to an aromatic ring is 1. The van der Waals surface area contributed by atoms with Gasteiger partial charge in [0.2, 0.25) is 0 Å². The van der Waals surface area contributed by atoms with Crippen LogP contribution in [0.2, 0.25) is 5.02 Å². The first kappa shape index (κ1) is 12.5. The summed E-state index contributed by atoms with van der Waals surface area (Å²) in [6.07, 6.45) is 0. The molecule has 0 spiro atoms. The van der Waals surface area contributed by atoms with Gasteiger partial charge in [-0.2, -0.15) is 0 Å². The van der Waals surface area contributed by atoms with E-state index in [1.807, 2.05) is 24.4 Å². The van der Waals surface area contributed by atoms with Gasteiger partial charge in [-0.15, -0.1) is 11.3 Å². The van der Waals surface area contributed by atoms with E-state index in [4.69, 9.17) is 17.3 Å². The number of rotatable bonds is 2. The Bertz CT molecular complexity index is 763. The smallest absolute Gasteiger partial charge is 0.180 e. The number of benzene rings is 1. The van der Waals surface area contributed by atoms with Gasteiger partial charge < -0.3 is 15.8 Å². The zero-order valence-corrected chi connectivity index (χ0v) is 11.8. The maximum atomic E-state index is 9.52. The summed E-state index contributed by atoms with van der Waals surface area (Å²) in [5.41, 5.74) is 9.90. The number of nitrogens with zero attached hydrogens (tertiary/aromatic N) is 1. The molecule has 0 saturated heterocycles. The number of nitrogens with one attached hydrogen (secondary N) is 1. The maximum Gasteiger partial charge on any atom is 0.180 e. The number of anilines is 1. The molecule has 2 aromatic heterocycles. The van der Waals surface area contributed by atoms with Gasteiger partial charge in [-0.05, 0) is 24.6 Å². The van der Waals surface area contributed by atoms with Crippen molar-refractivity contribution in [3.8, 4) is 11.3 Å². The van der Waals surface area contributed by atoms with E-state index in [0.29, 0.717) is 15.8 Å². The molecule has 0 fully saturated rings. The summed E-state index contributed by atoms with van der Waals surface area (Å²) in [4.78, 5) is 7.45. The molecule has 0 aliphatic rings. The fraction of sp³-hybridized carbons (Fsp3) is 0.154. The number of fused-ring (bicyclic) bond motifs is 1. The van der Waals surface area contributed by atoms with Crippen LogP contribution in [0.3, 0.4) is 0 Å². The van der Waals surface area contributed by atoms with Crippen LogP contribution in [0.25, 0.3) is 22.2 Å². The average molecular weight is 294 g/mol. The van der Waals surface area contributed by atoms with Gasteiger partial charge in [-0.3, -0.25) is 0 Å². The molecule has 6 heteroatoms. The molecule has 0 aliphatic heterocycles. The highest BCUT2D eigenvalue weighted by Gasteiger charge is 2.17. The first-order chi connectivity index (χ1) is 9.10. The molecular weight excluding hydrogens is 282 g/mol. The molecule has 0 amide bonds. The normalized spacial score (nSPS) is 11.3. The van der Waals surface area contributed by atoms with Crippen LogP contribution in [0, 0.1) is 6.92 Å². The number of halogens is 1. The predicted octanol–water partition coefficient (Wildman–Crippen LogP) is 3.33. The second kappa shape index (κ2) is 4.52. The van der Waals surface area contributed by atoms with Gasteiger partial charge in [-0.1, -0.05) is 11.6 Å². The second-order valence-corrected chi connectivity index (χ2v) is 5.67. The summed E-state index contributed by atoms with van der Waals surface area (Å²) in [5.74, 6) is 0. The van der Waals surface area contributed by atoms with Crippen LogP contribution in [0.1, 0.15) is 11.3 Å². The number of aryl methyl sites for hydroxylation is 1. The van der Waals surface area contributed by atoms with E-state index in [1.54, 1.807) is 0 Å².